The molecule has 0 aliphatic carbocycles. The quantitative estimate of drug-likeness (QED) is 0.323. The summed E-state index contributed by atoms with van der Waals surface area (Å²) in [5.41, 5.74) is 3.39. The number of phenols is 1. The van der Waals surface area contributed by atoms with Crippen molar-refractivity contribution < 1.29 is 29.7 Å². The smallest absolute Gasteiger partial charge is 0.309 e. The molecule has 1 amide bonds. The van der Waals surface area contributed by atoms with Crippen LogP contribution in [0.1, 0.15) is 39.1 Å². The van der Waals surface area contributed by atoms with Crippen molar-refractivity contribution in [3.8, 4) is 16.9 Å². The highest BCUT2D eigenvalue weighted by Gasteiger charge is 2.26. The van der Waals surface area contributed by atoms with Gasteiger partial charge in [0.1, 0.15) is 5.75 Å². The zero-order valence-electron chi connectivity index (χ0n) is 18.6. The Kier molecular flexibility index (Phi) is 8.54. The third kappa shape index (κ3) is 6.52. The molecular formula is C27H27NO6. The number of carboxylic acids is 1. The van der Waals surface area contributed by atoms with Gasteiger partial charge < -0.3 is 20.6 Å². The fourth-order valence-electron chi connectivity index (χ4n) is 3.76. The molecule has 7 heteroatoms. The minimum atomic E-state index is -1.13. The third-order valence-corrected chi connectivity index (χ3v) is 5.74. The predicted molar refractivity (Wildman–Crippen MR) is 128 cm³/mol. The summed E-state index contributed by atoms with van der Waals surface area (Å²) in [6, 6.07) is 21.0. The highest BCUT2D eigenvalue weighted by atomic mass is 16.4. The van der Waals surface area contributed by atoms with E-state index in [4.69, 9.17) is 0 Å². The SMILES string of the molecule is O=Cc1ccccc1C(=O)NCCC(C(=O)O)C(O)CCc1ccc(-c2ccc(O)cc2)cc1. The van der Waals surface area contributed by atoms with E-state index in [0.717, 1.165) is 16.7 Å². The molecule has 3 aromatic carbocycles. The van der Waals surface area contributed by atoms with E-state index >= 15 is 0 Å². The number of aliphatic carboxylic acids is 1. The molecule has 4 N–H and O–H groups in total. The van der Waals surface area contributed by atoms with Crippen molar-refractivity contribution in [1.82, 2.24) is 5.32 Å². The van der Waals surface area contributed by atoms with Crippen molar-refractivity contribution in [2.24, 2.45) is 5.92 Å². The number of carbonyl (C=O) groups excluding carboxylic acids is 2. The molecule has 2 unspecified atom stereocenters. The summed E-state index contributed by atoms with van der Waals surface area (Å²) < 4.78 is 0. The Morgan fingerprint density at radius 3 is 2.12 bits per heavy atom. The number of aliphatic hydroxyl groups excluding tert-OH is 1. The highest BCUT2D eigenvalue weighted by Crippen LogP contribution is 2.23. The molecular weight excluding hydrogens is 434 g/mol. The van der Waals surface area contributed by atoms with E-state index in [1.807, 2.05) is 36.4 Å². The first-order chi connectivity index (χ1) is 16.4. The normalized spacial score (nSPS) is 12.5. The fraction of sp³-hybridized carbons (Fsp3) is 0.222. The summed E-state index contributed by atoms with van der Waals surface area (Å²) in [6.45, 7) is 0.0569. The van der Waals surface area contributed by atoms with E-state index in [2.05, 4.69) is 5.32 Å². The van der Waals surface area contributed by atoms with E-state index in [0.29, 0.717) is 12.7 Å². The van der Waals surface area contributed by atoms with Gasteiger partial charge in [0.2, 0.25) is 0 Å². The van der Waals surface area contributed by atoms with Crippen molar-refractivity contribution in [2.75, 3.05) is 6.54 Å². The van der Waals surface area contributed by atoms with Crippen LogP contribution in [0.3, 0.4) is 0 Å². The van der Waals surface area contributed by atoms with E-state index < -0.39 is 23.9 Å². The Morgan fingerprint density at radius 1 is 0.882 bits per heavy atom. The average Bonchev–Trinajstić information content (AvgIpc) is 2.85. The number of rotatable bonds is 11. The van der Waals surface area contributed by atoms with Gasteiger partial charge in [0.15, 0.2) is 6.29 Å². The van der Waals surface area contributed by atoms with E-state index in [-0.39, 0.29) is 36.3 Å². The monoisotopic (exact) mass is 461 g/mol. The number of benzene rings is 3. The summed E-state index contributed by atoms with van der Waals surface area (Å²) in [5.74, 6) is -2.42. The molecule has 0 aliphatic heterocycles. The number of aldehydes is 1. The molecule has 7 nitrogen and oxygen atoms in total. The predicted octanol–water partition coefficient (Wildman–Crippen LogP) is 3.69. The van der Waals surface area contributed by atoms with Crippen LogP contribution in [-0.2, 0) is 11.2 Å². The minimum absolute atomic E-state index is 0.0569. The van der Waals surface area contributed by atoms with Crippen molar-refractivity contribution in [3.05, 3.63) is 89.5 Å². The lowest BCUT2D eigenvalue weighted by Crippen LogP contribution is -2.34. The molecule has 0 bridgehead atoms. The largest absolute Gasteiger partial charge is 0.508 e. The van der Waals surface area contributed by atoms with Gasteiger partial charge in [-0.05, 0) is 54.2 Å². The summed E-state index contributed by atoms with van der Waals surface area (Å²) in [5, 5.41) is 32.1. The third-order valence-electron chi connectivity index (χ3n) is 5.74. The molecule has 0 radical (unpaired) electrons. The number of aliphatic hydroxyl groups is 1. The average molecular weight is 462 g/mol. The number of carboxylic acid groups (broad SMARTS) is 1. The first-order valence-corrected chi connectivity index (χ1v) is 11.0. The van der Waals surface area contributed by atoms with Crippen molar-refractivity contribution >= 4 is 18.2 Å². The molecule has 0 aliphatic rings. The van der Waals surface area contributed by atoms with Gasteiger partial charge >= 0.3 is 5.97 Å². The molecule has 34 heavy (non-hydrogen) atoms. The van der Waals surface area contributed by atoms with Crippen LogP contribution < -0.4 is 5.32 Å². The van der Waals surface area contributed by atoms with E-state index in [1.54, 1.807) is 24.3 Å². The van der Waals surface area contributed by atoms with Gasteiger partial charge in [0, 0.05) is 17.7 Å². The Labute approximate surface area is 197 Å². The second kappa shape index (κ2) is 11.8. The van der Waals surface area contributed by atoms with Crippen LogP contribution in [0.4, 0.5) is 0 Å². The van der Waals surface area contributed by atoms with Crippen LogP contribution in [0.15, 0.2) is 72.8 Å². The van der Waals surface area contributed by atoms with Crippen molar-refractivity contribution in [1.29, 1.82) is 0 Å². The number of aryl methyl sites for hydroxylation is 1. The molecule has 3 rings (SSSR count). The molecule has 0 fully saturated rings. The second-order valence-electron chi connectivity index (χ2n) is 8.04. The molecule has 0 aromatic heterocycles. The van der Waals surface area contributed by atoms with Crippen LogP contribution in [0.2, 0.25) is 0 Å². The lowest BCUT2D eigenvalue weighted by Gasteiger charge is -2.19. The van der Waals surface area contributed by atoms with Crippen LogP contribution in [-0.4, -0.2) is 46.1 Å². The van der Waals surface area contributed by atoms with Gasteiger partial charge in [-0.3, -0.25) is 14.4 Å². The number of phenolic OH excluding ortho intramolecular Hbond substituents is 1. The Bertz CT molecular complexity index is 1120. The molecule has 3 aromatic rings. The minimum Gasteiger partial charge on any atom is -0.508 e. The number of amides is 1. The molecule has 0 spiro atoms. The Hall–Kier alpha value is -3.97. The van der Waals surface area contributed by atoms with Crippen LogP contribution in [0.25, 0.3) is 11.1 Å². The molecule has 0 heterocycles. The topological polar surface area (TPSA) is 124 Å². The summed E-state index contributed by atoms with van der Waals surface area (Å²) in [7, 11) is 0. The first-order valence-electron chi connectivity index (χ1n) is 11.0. The van der Waals surface area contributed by atoms with E-state index in [1.165, 1.54) is 12.1 Å². The summed E-state index contributed by atoms with van der Waals surface area (Å²) in [4.78, 5) is 35.1. The van der Waals surface area contributed by atoms with Crippen molar-refractivity contribution in [3.63, 3.8) is 0 Å². The summed E-state index contributed by atoms with van der Waals surface area (Å²) >= 11 is 0. The van der Waals surface area contributed by atoms with Gasteiger partial charge in [0.25, 0.3) is 5.91 Å². The maximum Gasteiger partial charge on any atom is 0.309 e. The van der Waals surface area contributed by atoms with Crippen LogP contribution in [0.5, 0.6) is 5.75 Å². The van der Waals surface area contributed by atoms with Gasteiger partial charge in [-0.2, -0.15) is 0 Å². The Balaban J connectivity index is 1.52. The molecule has 0 saturated carbocycles. The first kappa shape index (κ1) is 24.7. The number of nitrogens with one attached hydrogen (secondary N) is 1. The zero-order valence-corrected chi connectivity index (χ0v) is 18.6. The van der Waals surface area contributed by atoms with Gasteiger partial charge in [-0.25, -0.2) is 0 Å². The van der Waals surface area contributed by atoms with E-state index in [9.17, 15) is 29.7 Å². The molecule has 0 saturated heterocycles. The molecule has 2 atom stereocenters. The standard InChI is InChI=1S/C27H27NO6/c29-17-21-3-1-2-4-23(21)26(32)28-16-15-24(27(33)34)25(31)14-7-18-5-8-19(9-6-18)20-10-12-22(30)13-11-20/h1-6,8-13,17,24-25,30-31H,7,14-16H2,(H,28,32)(H,33,34). The molecule has 176 valence electrons. The fourth-order valence-corrected chi connectivity index (χ4v) is 3.76. The lowest BCUT2D eigenvalue weighted by molar-refractivity contribution is -0.146. The number of carbonyl (C=O) groups is 3. The zero-order chi connectivity index (χ0) is 24.5. The Morgan fingerprint density at radius 2 is 1.50 bits per heavy atom. The second-order valence-corrected chi connectivity index (χ2v) is 8.04. The van der Waals surface area contributed by atoms with Crippen LogP contribution in [0, 0.1) is 5.92 Å². The maximum absolute atomic E-state index is 12.3. The lowest BCUT2D eigenvalue weighted by atomic mass is 9.93. The number of hydrogen-bond donors (Lipinski definition) is 4. The highest BCUT2D eigenvalue weighted by molar-refractivity contribution is 6.01. The van der Waals surface area contributed by atoms with Crippen LogP contribution >= 0.6 is 0 Å². The van der Waals surface area contributed by atoms with Gasteiger partial charge in [-0.15, -0.1) is 0 Å². The number of hydrogen-bond acceptors (Lipinski definition) is 5. The van der Waals surface area contributed by atoms with Gasteiger partial charge in [0.05, 0.1) is 12.0 Å². The number of aromatic hydroxyl groups is 1. The summed E-state index contributed by atoms with van der Waals surface area (Å²) in [6.07, 6.45) is 0.340. The van der Waals surface area contributed by atoms with Crippen molar-refractivity contribution in [2.45, 2.75) is 25.4 Å². The van der Waals surface area contributed by atoms with Gasteiger partial charge in [-0.1, -0.05) is 54.6 Å². The maximum atomic E-state index is 12.3.